The highest BCUT2D eigenvalue weighted by Gasteiger charge is 2.44. The first-order valence-corrected chi connectivity index (χ1v) is 25.4. The average molecular weight is 962 g/mol. The first-order valence-electron chi connectivity index (χ1n) is 22.1. The van der Waals surface area contributed by atoms with Crippen LogP contribution in [0.25, 0.3) is 9.40 Å². The number of unbranched alkanes of at least 4 members (excludes halogenated alkanes) is 4. The number of carbonyl (C=O) groups excluding carboxylic acids is 5. The van der Waals surface area contributed by atoms with Gasteiger partial charge in [0.1, 0.15) is 48.1 Å². The summed E-state index contributed by atoms with van der Waals surface area (Å²) >= 11 is 5.55. The van der Waals surface area contributed by atoms with Crippen LogP contribution in [0.5, 0.6) is 23.0 Å². The van der Waals surface area contributed by atoms with Gasteiger partial charge in [-0.05, 0) is 76.1 Å². The van der Waals surface area contributed by atoms with Crippen LogP contribution in [0.1, 0.15) is 123 Å². The molecule has 19 heteroatoms. The maximum Gasteiger partial charge on any atom is 0.315 e. The molecule has 15 nitrogen and oxygen atoms in total. The second-order valence-corrected chi connectivity index (χ2v) is 20.4. The number of piperidine rings is 1. The van der Waals surface area contributed by atoms with E-state index in [4.69, 9.17) is 9.90 Å². The number of phenolic OH excluding ortho intramolecular Hbond substituents is 4. The number of rotatable bonds is 12. The third-order valence-electron chi connectivity index (χ3n) is 10.6. The molecule has 3 aromatic rings. The molecule has 4 amide bonds. The van der Waals surface area contributed by atoms with Crippen molar-refractivity contribution in [3.8, 4) is 23.0 Å². The molecule has 0 atom stereocenters. The van der Waals surface area contributed by atoms with Crippen LogP contribution in [-0.4, -0.2) is 109 Å². The Morgan fingerprint density at radius 1 is 0.641 bits per heavy atom. The zero-order valence-electron chi connectivity index (χ0n) is 38.0. The number of hydrazine groups is 2. The Balaban J connectivity index is 0.000000211. The summed E-state index contributed by atoms with van der Waals surface area (Å²) in [5.41, 5.74) is 1.44. The number of aromatic hydroxyl groups is 4. The van der Waals surface area contributed by atoms with Gasteiger partial charge in [-0.15, -0.1) is 0 Å². The second-order valence-electron chi connectivity index (χ2n) is 15.8. The molecule has 4 aliphatic rings. The highest BCUT2D eigenvalue weighted by atomic mass is 32.2. The van der Waals surface area contributed by atoms with Gasteiger partial charge in [0.15, 0.2) is 0 Å². The molecule has 4 aliphatic heterocycles. The van der Waals surface area contributed by atoms with Crippen molar-refractivity contribution in [1.82, 2.24) is 24.6 Å². The van der Waals surface area contributed by atoms with E-state index in [-0.39, 0.29) is 52.9 Å². The van der Waals surface area contributed by atoms with Crippen LogP contribution >= 0.6 is 46.2 Å². The second kappa shape index (κ2) is 24.7. The number of carboxylic acid groups (broad SMARTS) is 1. The summed E-state index contributed by atoms with van der Waals surface area (Å²) in [7, 11) is 0. The van der Waals surface area contributed by atoms with Crippen molar-refractivity contribution in [2.24, 2.45) is 0 Å². The number of carboxylic acids is 1. The van der Waals surface area contributed by atoms with Gasteiger partial charge in [-0.25, -0.2) is 14.6 Å². The van der Waals surface area contributed by atoms with E-state index in [1.807, 2.05) is 20.8 Å². The molecule has 0 saturated carbocycles. The van der Waals surface area contributed by atoms with E-state index >= 15 is 0 Å². The van der Waals surface area contributed by atoms with E-state index in [0.717, 1.165) is 86.3 Å². The third kappa shape index (κ3) is 12.9. The number of aryl methyl sites for hydroxylation is 2. The molecule has 5 heterocycles. The lowest BCUT2D eigenvalue weighted by molar-refractivity contribution is -0.302. The average Bonchev–Trinajstić information content (AvgIpc) is 4.02. The van der Waals surface area contributed by atoms with Gasteiger partial charge in [0.25, 0.3) is 23.6 Å². The molecular weight excluding hydrogens is 899 g/mol. The molecule has 0 aliphatic carbocycles. The van der Waals surface area contributed by atoms with E-state index in [0.29, 0.717) is 51.5 Å². The predicted molar refractivity (Wildman–Crippen MR) is 252 cm³/mol. The van der Waals surface area contributed by atoms with E-state index < -0.39 is 5.97 Å². The normalized spacial score (nSPS) is 16.0. The van der Waals surface area contributed by atoms with Crippen LogP contribution in [0, 0.1) is 13.8 Å². The topological polar surface area (TPSA) is 205 Å². The van der Waals surface area contributed by atoms with Crippen LogP contribution in [0.15, 0.2) is 31.7 Å². The van der Waals surface area contributed by atoms with Crippen LogP contribution in [0.3, 0.4) is 0 Å². The zero-order valence-corrected chi connectivity index (χ0v) is 41.3. The van der Waals surface area contributed by atoms with Gasteiger partial charge in [-0.3, -0.25) is 29.2 Å². The number of aliphatic carboxylic acids is 1. The molecule has 7 rings (SSSR count). The van der Waals surface area contributed by atoms with E-state index in [9.17, 15) is 39.6 Å². The van der Waals surface area contributed by atoms with Crippen molar-refractivity contribution in [3.63, 3.8) is 0 Å². The van der Waals surface area contributed by atoms with Gasteiger partial charge < -0.3 is 30.3 Å². The van der Waals surface area contributed by atoms with Crippen molar-refractivity contribution in [3.05, 3.63) is 37.1 Å². The van der Waals surface area contributed by atoms with E-state index in [2.05, 4.69) is 18.4 Å². The summed E-state index contributed by atoms with van der Waals surface area (Å²) in [5, 5.41) is 55.8. The smallest absolute Gasteiger partial charge is 0.315 e. The summed E-state index contributed by atoms with van der Waals surface area (Å²) < 4.78 is 5.71. The molecule has 4 N–H and O–H groups in total. The monoisotopic (exact) mass is 961 g/mol. The van der Waals surface area contributed by atoms with Gasteiger partial charge in [-0.2, -0.15) is 0 Å². The zero-order chi connectivity index (χ0) is 47.2. The van der Waals surface area contributed by atoms with Gasteiger partial charge in [0, 0.05) is 45.0 Å². The minimum absolute atomic E-state index is 0.0375. The van der Waals surface area contributed by atoms with Gasteiger partial charge in [-0.1, -0.05) is 99.6 Å². The molecule has 64 heavy (non-hydrogen) atoms. The molecular formula is C45H63N5O10S4. The number of benzene rings is 2. The molecule has 0 bridgehead atoms. The summed E-state index contributed by atoms with van der Waals surface area (Å²) in [4.78, 5) is 59.0. The standard InChI is InChI=1S/C19H24N2O4S2.C13H15NO2S2.C11H20N2O2.C2H4O2/c1-4-6-8-20-17(24)13(18(25)21(20)9-7-5-2)19-26-15-12(22)10-11(3)14(23)16(15)27-19;1-8-7-9(15)11-12(10(8)16)18-13(17-11)14-5-3-2-4-6-14;1-3-5-7-12-10(14)9-11(15)13(12)8-6-4-2;1-2(3)4/h10,22-23H,4-9H2,1-3H3;7H,2-6H2,1H3,(H-,15,16);3-9H2,1-2H3;1H3,(H,3,4). The van der Waals surface area contributed by atoms with Crippen LogP contribution in [-0.2, 0) is 24.0 Å². The lowest BCUT2D eigenvalue weighted by Gasteiger charge is -2.27. The number of thioether (sulfide) groups is 2. The van der Waals surface area contributed by atoms with Crippen LogP contribution < -0.4 is 13.7 Å². The summed E-state index contributed by atoms with van der Waals surface area (Å²) in [6.07, 6.45) is 11.4. The molecule has 1 aromatic heterocycles. The van der Waals surface area contributed by atoms with Crippen molar-refractivity contribution in [1.29, 1.82) is 0 Å². The van der Waals surface area contributed by atoms with Crippen molar-refractivity contribution >= 4 is 85.2 Å². The van der Waals surface area contributed by atoms with Gasteiger partial charge >= 0.3 is 3.98 Å². The molecule has 3 fully saturated rings. The molecule has 352 valence electrons. The van der Waals surface area contributed by atoms with Crippen LogP contribution in [0.4, 0.5) is 0 Å². The molecule has 3 saturated heterocycles. The fourth-order valence-corrected chi connectivity index (χ4v) is 12.4. The minimum Gasteiger partial charge on any atom is -0.550 e. The molecule has 2 aromatic carbocycles. The summed E-state index contributed by atoms with van der Waals surface area (Å²) in [5.74, 6) is -1.01. The highest BCUT2D eigenvalue weighted by molar-refractivity contribution is 8.25. The van der Waals surface area contributed by atoms with Gasteiger partial charge in [0.2, 0.25) is 0 Å². The SMILES string of the molecule is CC(=O)[O-].CCCCN1C(=O)C(=C2Sc3c(O)cc(C)c(O)c3S2)C(=O)N1CCCC.CCCCN1C(=O)CC(=O)N1CCCC.Cc1cc(O)c2sc(=[N+]3CCCCC3)sc2c1O. The number of nitrogens with zero attached hydrogens (tertiary/aromatic N) is 5. The number of phenols is 4. The Hall–Kier alpha value is -4.46. The summed E-state index contributed by atoms with van der Waals surface area (Å²) in [6.45, 7) is 17.3. The molecule has 0 spiro atoms. The van der Waals surface area contributed by atoms with E-state index in [1.54, 1.807) is 55.7 Å². The Morgan fingerprint density at radius 2 is 1.06 bits per heavy atom. The number of hydrogen-bond donors (Lipinski definition) is 4. The summed E-state index contributed by atoms with van der Waals surface area (Å²) in [6, 6.07) is 3.13. The van der Waals surface area contributed by atoms with Gasteiger partial charge in [0.05, 0.1) is 23.4 Å². The number of hydrogen-bond acceptors (Lipinski definition) is 14. The predicted octanol–water partition coefficient (Wildman–Crippen LogP) is 6.96. The largest absolute Gasteiger partial charge is 0.550 e. The number of amides is 4. The molecule has 0 unspecified atom stereocenters. The lowest BCUT2D eigenvalue weighted by Crippen LogP contribution is -2.42. The van der Waals surface area contributed by atoms with Crippen molar-refractivity contribution in [2.45, 2.75) is 135 Å². The Bertz CT molecular complexity index is 2230. The highest BCUT2D eigenvalue weighted by Crippen LogP contribution is 2.59. The maximum atomic E-state index is 13.0. The molecule has 0 radical (unpaired) electrons. The first-order chi connectivity index (χ1) is 30.5. The van der Waals surface area contributed by atoms with E-state index in [1.165, 1.54) is 52.8 Å². The Kier molecular flexibility index (Phi) is 20.2. The number of carbonyl (C=O) groups is 5. The lowest BCUT2D eigenvalue weighted by atomic mass is 10.2. The van der Waals surface area contributed by atoms with Crippen molar-refractivity contribution < 1.29 is 49.5 Å². The number of fused-ring (bicyclic) bond motifs is 2. The minimum atomic E-state index is -1.08. The first kappa shape index (κ1) is 52.2. The maximum absolute atomic E-state index is 13.0. The Labute approximate surface area is 392 Å². The Morgan fingerprint density at radius 3 is 1.55 bits per heavy atom. The fourth-order valence-electron chi connectivity index (χ4n) is 7.07. The quantitative estimate of drug-likeness (QED) is 0.0478. The fraction of sp³-hybridized carbons (Fsp3) is 0.556. The van der Waals surface area contributed by atoms with Crippen molar-refractivity contribution in [2.75, 3.05) is 39.3 Å². The van der Waals surface area contributed by atoms with Crippen LogP contribution in [0.2, 0.25) is 0 Å². The third-order valence-corrected chi connectivity index (χ3v) is 15.9.